The summed E-state index contributed by atoms with van der Waals surface area (Å²) in [5.41, 5.74) is 3.14. The van der Waals surface area contributed by atoms with Gasteiger partial charge in [0, 0.05) is 25.7 Å². The summed E-state index contributed by atoms with van der Waals surface area (Å²) in [5, 5.41) is 13.0. The van der Waals surface area contributed by atoms with Crippen LogP contribution in [-0.4, -0.2) is 19.1 Å². The van der Waals surface area contributed by atoms with E-state index in [9.17, 15) is 5.26 Å². The fraction of sp³-hybridized carbons (Fsp3) is 0.611. The fourth-order valence-corrected chi connectivity index (χ4v) is 3.30. The van der Waals surface area contributed by atoms with E-state index in [2.05, 4.69) is 41.5 Å². The van der Waals surface area contributed by atoms with Gasteiger partial charge in [0.1, 0.15) is 6.07 Å². The quantitative estimate of drug-likeness (QED) is 0.897. The Hall–Kier alpha value is -1.53. The molecule has 0 atom stereocenters. The van der Waals surface area contributed by atoms with Crippen LogP contribution in [0.5, 0.6) is 0 Å². The van der Waals surface area contributed by atoms with Gasteiger partial charge in [0.15, 0.2) is 0 Å². The van der Waals surface area contributed by atoms with Crippen molar-refractivity contribution < 1.29 is 0 Å². The second kappa shape index (κ2) is 6.49. The third kappa shape index (κ3) is 3.57. The van der Waals surface area contributed by atoms with Crippen molar-refractivity contribution in [1.82, 2.24) is 5.32 Å². The van der Waals surface area contributed by atoms with E-state index in [4.69, 9.17) is 0 Å². The highest BCUT2D eigenvalue weighted by Crippen LogP contribution is 2.29. The molecule has 0 aliphatic heterocycles. The van der Waals surface area contributed by atoms with Crippen LogP contribution in [0.15, 0.2) is 18.2 Å². The number of nitrogens with zero attached hydrogens (tertiary/aromatic N) is 2. The van der Waals surface area contributed by atoms with Crippen LogP contribution in [-0.2, 0) is 6.54 Å². The molecule has 0 amide bonds. The summed E-state index contributed by atoms with van der Waals surface area (Å²) in [6, 6.07) is 10.1. The Bertz CT molecular complexity index is 522. The van der Waals surface area contributed by atoms with Crippen LogP contribution in [0, 0.1) is 11.3 Å². The molecule has 2 saturated carbocycles. The topological polar surface area (TPSA) is 39.1 Å². The van der Waals surface area contributed by atoms with Gasteiger partial charge in [0.25, 0.3) is 0 Å². The van der Waals surface area contributed by atoms with E-state index in [0.717, 1.165) is 17.8 Å². The molecule has 3 heteroatoms. The maximum absolute atomic E-state index is 9.48. The van der Waals surface area contributed by atoms with Crippen LogP contribution < -0.4 is 10.2 Å². The average molecular weight is 283 g/mol. The van der Waals surface area contributed by atoms with Gasteiger partial charge in [-0.1, -0.05) is 25.3 Å². The summed E-state index contributed by atoms with van der Waals surface area (Å²) in [6.07, 6.45) is 9.11. The standard InChI is InChI=1S/C18H25N3/c1-21(17-5-3-2-4-6-17)18-10-7-14(11-15(18)12-19)13-20-16-8-9-16/h7,10-11,16-17,20H,2-6,8-9,13H2,1H3. The molecule has 0 bridgehead atoms. The van der Waals surface area contributed by atoms with Crippen molar-refractivity contribution in [2.45, 2.75) is 63.6 Å². The summed E-state index contributed by atoms with van der Waals surface area (Å²) in [4.78, 5) is 2.33. The van der Waals surface area contributed by atoms with E-state index in [-0.39, 0.29) is 0 Å². The molecule has 0 saturated heterocycles. The Morgan fingerprint density at radius 3 is 2.62 bits per heavy atom. The smallest absolute Gasteiger partial charge is 0.101 e. The van der Waals surface area contributed by atoms with Gasteiger partial charge >= 0.3 is 0 Å². The molecule has 1 aromatic carbocycles. The molecule has 21 heavy (non-hydrogen) atoms. The largest absolute Gasteiger partial charge is 0.371 e. The highest BCUT2D eigenvalue weighted by atomic mass is 15.1. The fourth-order valence-electron chi connectivity index (χ4n) is 3.30. The number of anilines is 1. The van der Waals surface area contributed by atoms with Gasteiger partial charge in [-0.3, -0.25) is 0 Å². The number of nitriles is 1. The summed E-state index contributed by atoms with van der Waals surface area (Å²) in [6.45, 7) is 0.882. The molecule has 2 aliphatic rings. The van der Waals surface area contributed by atoms with E-state index < -0.39 is 0 Å². The lowest BCUT2D eigenvalue weighted by atomic mass is 9.93. The molecular formula is C18H25N3. The normalized spacial score (nSPS) is 19.2. The summed E-state index contributed by atoms with van der Waals surface area (Å²) >= 11 is 0. The molecule has 0 heterocycles. The Labute approximate surface area is 128 Å². The number of rotatable bonds is 5. The van der Waals surface area contributed by atoms with Crippen molar-refractivity contribution in [1.29, 1.82) is 5.26 Å². The zero-order valence-corrected chi connectivity index (χ0v) is 12.9. The maximum Gasteiger partial charge on any atom is 0.101 e. The van der Waals surface area contributed by atoms with Crippen molar-refractivity contribution in [3.63, 3.8) is 0 Å². The number of hydrogen-bond acceptors (Lipinski definition) is 3. The SMILES string of the molecule is CN(c1ccc(CNC2CC2)cc1C#N)C1CCCCC1. The second-order valence-electron chi connectivity index (χ2n) is 6.52. The number of hydrogen-bond donors (Lipinski definition) is 1. The number of nitrogens with one attached hydrogen (secondary N) is 1. The first-order valence-electron chi connectivity index (χ1n) is 8.27. The average Bonchev–Trinajstić information content (AvgIpc) is 3.37. The third-order valence-corrected chi connectivity index (χ3v) is 4.86. The summed E-state index contributed by atoms with van der Waals surface area (Å²) < 4.78 is 0. The molecule has 3 nitrogen and oxygen atoms in total. The van der Waals surface area contributed by atoms with Gasteiger partial charge in [0.2, 0.25) is 0 Å². The molecule has 2 aliphatic carbocycles. The lowest BCUT2D eigenvalue weighted by Gasteiger charge is -2.33. The van der Waals surface area contributed by atoms with Crippen LogP contribution in [0.3, 0.4) is 0 Å². The lowest BCUT2D eigenvalue weighted by molar-refractivity contribution is 0.427. The zero-order valence-electron chi connectivity index (χ0n) is 12.9. The molecular weight excluding hydrogens is 258 g/mol. The van der Waals surface area contributed by atoms with Gasteiger partial charge in [-0.05, 0) is 43.4 Å². The summed E-state index contributed by atoms with van der Waals surface area (Å²) in [7, 11) is 2.15. The Morgan fingerprint density at radius 2 is 1.95 bits per heavy atom. The molecule has 0 radical (unpaired) electrons. The molecule has 112 valence electrons. The van der Waals surface area contributed by atoms with Crippen molar-refractivity contribution >= 4 is 5.69 Å². The van der Waals surface area contributed by atoms with Crippen molar-refractivity contribution in [3.05, 3.63) is 29.3 Å². The van der Waals surface area contributed by atoms with Crippen LogP contribution in [0.2, 0.25) is 0 Å². The van der Waals surface area contributed by atoms with Gasteiger partial charge in [-0.2, -0.15) is 5.26 Å². The van der Waals surface area contributed by atoms with Crippen molar-refractivity contribution in [2.24, 2.45) is 0 Å². The lowest BCUT2D eigenvalue weighted by Crippen LogP contribution is -2.33. The molecule has 0 spiro atoms. The maximum atomic E-state index is 9.48. The minimum Gasteiger partial charge on any atom is -0.371 e. The Balaban J connectivity index is 1.72. The Morgan fingerprint density at radius 1 is 1.19 bits per heavy atom. The van der Waals surface area contributed by atoms with E-state index in [1.54, 1.807) is 0 Å². The van der Waals surface area contributed by atoms with Gasteiger partial charge in [-0.25, -0.2) is 0 Å². The molecule has 1 aromatic rings. The van der Waals surface area contributed by atoms with Crippen LogP contribution in [0.25, 0.3) is 0 Å². The molecule has 1 N–H and O–H groups in total. The third-order valence-electron chi connectivity index (χ3n) is 4.86. The van der Waals surface area contributed by atoms with E-state index in [1.165, 1.54) is 50.5 Å². The predicted molar refractivity (Wildman–Crippen MR) is 86.3 cm³/mol. The summed E-state index contributed by atoms with van der Waals surface area (Å²) in [5.74, 6) is 0. The van der Waals surface area contributed by atoms with E-state index in [0.29, 0.717) is 12.1 Å². The first-order chi connectivity index (χ1) is 10.3. The first-order valence-corrected chi connectivity index (χ1v) is 8.27. The highest BCUT2D eigenvalue weighted by Gasteiger charge is 2.22. The van der Waals surface area contributed by atoms with E-state index in [1.807, 2.05) is 0 Å². The zero-order chi connectivity index (χ0) is 14.7. The van der Waals surface area contributed by atoms with E-state index >= 15 is 0 Å². The predicted octanol–water partition coefficient (Wildman–Crippen LogP) is 3.58. The second-order valence-corrected chi connectivity index (χ2v) is 6.52. The first kappa shape index (κ1) is 14.4. The Kier molecular flexibility index (Phi) is 4.45. The minimum atomic E-state index is 0.598. The highest BCUT2D eigenvalue weighted by molar-refractivity contribution is 5.60. The molecule has 2 fully saturated rings. The minimum absolute atomic E-state index is 0.598. The van der Waals surface area contributed by atoms with Crippen molar-refractivity contribution in [3.8, 4) is 6.07 Å². The molecule has 3 rings (SSSR count). The molecule has 0 unspecified atom stereocenters. The van der Waals surface area contributed by atoms with Gasteiger partial charge in [0.05, 0.1) is 11.3 Å². The monoisotopic (exact) mass is 283 g/mol. The van der Waals surface area contributed by atoms with Crippen LogP contribution in [0.4, 0.5) is 5.69 Å². The van der Waals surface area contributed by atoms with Crippen LogP contribution in [0.1, 0.15) is 56.1 Å². The van der Waals surface area contributed by atoms with Gasteiger partial charge < -0.3 is 10.2 Å². The van der Waals surface area contributed by atoms with Crippen LogP contribution >= 0.6 is 0 Å². The number of benzene rings is 1. The molecule has 0 aromatic heterocycles. The van der Waals surface area contributed by atoms with Gasteiger partial charge in [-0.15, -0.1) is 0 Å². The van der Waals surface area contributed by atoms with Crippen molar-refractivity contribution in [2.75, 3.05) is 11.9 Å².